The van der Waals surface area contributed by atoms with E-state index in [1.165, 1.54) is 0 Å². The number of phenolic OH excluding ortho intramolecular Hbond substituents is 1. The molecule has 0 fully saturated rings. The van der Waals surface area contributed by atoms with Crippen LogP contribution in [0.5, 0.6) is 11.5 Å². The van der Waals surface area contributed by atoms with Crippen molar-refractivity contribution in [2.75, 3.05) is 5.32 Å². The van der Waals surface area contributed by atoms with Crippen molar-refractivity contribution in [3.8, 4) is 11.5 Å². The standard InChI is InChI=1S/C25H34N2O3/c1-14-23(29)27-20-13-16(8-9-21(20)30-14)19(26)12-15-10-17(24(2,3)4)22(28)18(11-15)25(5,6)7/h8-11,13-14,19,28H,12,26H2,1-7H3,(H,27,29). The number of aromatic hydroxyl groups is 1. The van der Waals surface area contributed by atoms with Gasteiger partial charge in [-0.15, -0.1) is 0 Å². The second kappa shape index (κ2) is 7.62. The molecule has 5 heteroatoms. The SMILES string of the molecule is CC1Oc2ccc(C(N)Cc3cc(C(C)(C)C)c(O)c(C(C)(C)C)c3)cc2NC1=O. The fraction of sp³-hybridized carbons (Fsp3) is 0.480. The molecule has 3 rings (SSSR count). The van der Waals surface area contributed by atoms with Crippen LogP contribution < -0.4 is 15.8 Å². The Morgan fingerprint density at radius 3 is 2.17 bits per heavy atom. The molecule has 4 N–H and O–H groups in total. The number of fused-ring (bicyclic) bond motifs is 1. The molecule has 1 heterocycles. The van der Waals surface area contributed by atoms with Crippen molar-refractivity contribution in [2.24, 2.45) is 5.73 Å². The lowest BCUT2D eigenvalue weighted by Crippen LogP contribution is -2.34. The molecule has 2 atom stereocenters. The first-order chi connectivity index (χ1) is 13.8. The summed E-state index contributed by atoms with van der Waals surface area (Å²) < 4.78 is 5.64. The van der Waals surface area contributed by atoms with E-state index in [9.17, 15) is 9.90 Å². The lowest BCUT2D eigenvalue weighted by atomic mass is 9.77. The zero-order chi connectivity index (χ0) is 22.4. The Labute approximate surface area is 179 Å². The number of hydrogen-bond donors (Lipinski definition) is 3. The molecule has 1 amide bonds. The number of phenols is 1. The van der Waals surface area contributed by atoms with Crippen molar-refractivity contribution in [3.05, 3.63) is 52.6 Å². The van der Waals surface area contributed by atoms with Gasteiger partial charge in [-0.3, -0.25) is 4.79 Å². The van der Waals surface area contributed by atoms with Gasteiger partial charge in [0.05, 0.1) is 5.69 Å². The van der Waals surface area contributed by atoms with Crippen molar-refractivity contribution in [1.29, 1.82) is 0 Å². The van der Waals surface area contributed by atoms with Gasteiger partial charge < -0.3 is 20.9 Å². The van der Waals surface area contributed by atoms with Crippen molar-refractivity contribution in [2.45, 2.75) is 77.9 Å². The molecule has 5 nitrogen and oxygen atoms in total. The predicted molar refractivity (Wildman–Crippen MR) is 121 cm³/mol. The van der Waals surface area contributed by atoms with E-state index in [1.54, 1.807) is 6.92 Å². The number of carbonyl (C=O) groups excluding carboxylic acids is 1. The van der Waals surface area contributed by atoms with Crippen LogP contribution in [0.15, 0.2) is 30.3 Å². The lowest BCUT2D eigenvalue weighted by molar-refractivity contribution is -0.122. The minimum atomic E-state index is -0.499. The van der Waals surface area contributed by atoms with E-state index in [0.29, 0.717) is 23.6 Å². The monoisotopic (exact) mass is 410 g/mol. The highest BCUT2D eigenvalue weighted by atomic mass is 16.5. The van der Waals surface area contributed by atoms with Crippen LogP contribution in [0.3, 0.4) is 0 Å². The highest BCUT2D eigenvalue weighted by molar-refractivity contribution is 5.97. The quantitative estimate of drug-likeness (QED) is 0.668. The largest absolute Gasteiger partial charge is 0.507 e. The summed E-state index contributed by atoms with van der Waals surface area (Å²) in [5.74, 6) is 0.874. The Kier molecular flexibility index (Phi) is 5.63. The third kappa shape index (κ3) is 4.46. The van der Waals surface area contributed by atoms with Gasteiger partial charge in [0, 0.05) is 6.04 Å². The number of benzene rings is 2. The van der Waals surface area contributed by atoms with Crippen molar-refractivity contribution in [1.82, 2.24) is 0 Å². The maximum Gasteiger partial charge on any atom is 0.265 e. The van der Waals surface area contributed by atoms with E-state index in [0.717, 1.165) is 22.3 Å². The molecule has 0 saturated carbocycles. The molecular formula is C25H34N2O3. The van der Waals surface area contributed by atoms with Gasteiger partial charge in [-0.2, -0.15) is 0 Å². The molecule has 0 saturated heterocycles. The summed E-state index contributed by atoms with van der Waals surface area (Å²) in [7, 11) is 0. The van der Waals surface area contributed by atoms with Crippen molar-refractivity contribution < 1.29 is 14.6 Å². The average Bonchev–Trinajstić information content (AvgIpc) is 2.61. The average molecular weight is 411 g/mol. The summed E-state index contributed by atoms with van der Waals surface area (Å²) in [6, 6.07) is 9.57. The van der Waals surface area contributed by atoms with Gasteiger partial charge in [0.2, 0.25) is 0 Å². The van der Waals surface area contributed by atoms with E-state index >= 15 is 0 Å². The normalized spacial score (nSPS) is 17.7. The van der Waals surface area contributed by atoms with Crippen LogP contribution in [-0.4, -0.2) is 17.1 Å². The highest BCUT2D eigenvalue weighted by Crippen LogP contribution is 2.40. The van der Waals surface area contributed by atoms with Crippen LogP contribution in [0.4, 0.5) is 5.69 Å². The molecule has 0 bridgehead atoms. The number of rotatable bonds is 3. The molecule has 2 aromatic rings. The molecule has 0 spiro atoms. The van der Waals surface area contributed by atoms with Crippen LogP contribution in [0.1, 0.15) is 76.8 Å². The van der Waals surface area contributed by atoms with E-state index in [-0.39, 0.29) is 22.8 Å². The predicted octanol–water partition coefficient (Wildman–Crippen LogP) is 4.95. The zero-order valence-corrected chi connectivity index (χ0v) is 19.1. The maximum absolute atomic E-state index is 11.9. The van der Waals surface area contributed by atoms with Crippen LogP contribution >= 0.6 is 0 Å². The van der Waals surface area contributed by atoms with Gasteiger partial charge in [-0.25, -0.2) is 0 Å². The molecule has 0 radical (unpaired) electrons. The minimum absolute atomic E-state index is 0.156. The Balaban J connectivity index is 1.94. The van der Waals surface area contributed by atoms with Crippen LogP contribution in [0, 0.1) is 0 Å². The van der Waals surface area contributed by atoms with Crippen LogP contribution in [0.25, 0.3) is 0 Å². The summed E-state index contributed by atoms with van der Waals surface area (Å²) in [5, 5.41) is 13.8. The molecule has 2 aromatic carbocycles. The maximum atomic E-state index is 11.9. The third-order valence-electron chi connectivity index (χ3n) is 5.60. The summed E-state index contributed by atoms with van der Waals surface area (Å²) in [4.78, 5) is 11.9. The third-order valence-corrected chi connectivity index (χ3v) is 5.60. The van der Waals surface area contributed by atoms with Gasteiger partial charge >= 0.3 is 0 Å². The number of hydrogen-bond acceptors (Lipinski definition) is 4. The molecule has 2 unspecified atom stereocenters. The molecule has 162 valence electrons. The minimum Gasteiger partial charge on any atom is -0.507 e. The molecule has 30 heavy (non-hydrogen) atoms. The first-order valence-corrected chi connectivity index (χ1v) is 10.5. The summed E-state index contributed by atoms with van der Waals surface area (Å²) >= 11 is 0. The molecular weight excluding hydrogens is 376 g/mol. The van der Waals surface area contributed by atoms with E-state index in [4.69, 9.17) is 10.5 Å². The molecule has 1 aliphatic heterocycles. The first kappa shape index (κ1) is 22.2. The van der Waals surface area contributed by atoms with Gasteiger partial charge in [-0.1, -0.05) is 59.7 Å². The number of amides is 1. The Morgan fingerprint density at radius 2 is 1.63 bits per heavy atom. The molecule has 0 aliphatic carbocycles. The number of anilines is 1. The smallest absolute Gasteiger partial charge is 0.265 e. The van der Waals surface area contributed by atoms with Gasteiger partial charge in [0.25, 0.3) is 5.91 Å². The van der Waals surface area contributed by atoms with Gasteiger partial charge in [0.1, 0.15) is 11.5 Å². The lowest BCUT2D eigenvalue weighted by Gasteiger charge is -2.29. The second-order valence-corrected chi connectivity index (χ2v) is 10.4. The van der Waals surface area contributed by atoms with Crippen LogP contribution in [0.2, 0.25) is 0 Å². The highest BCUT2D eigenvalue weighted by Gasteiger charge is 2.28. The Hall–Kier alpha value is -2.53. The zero-order valence-electron chi connectivity index (χ0n) is 19.1. The molecule has 1 aliphatic rings. The van der Waals surface area contributed by atoms with Gasteiger partial charge in [0.15, 0.2) is 6.10 Å². The second-order valence-electron chi connectivity index (χ2n) is 10.4. The van der Waals surface area contributed by atoms with Crippen molar-refractivity contribution in [3.63, 3.8) is 0 Å². The number of carbonyl (C=O) groups is 1. The fourth-order valence-corrected chi connectivity index (χ4v) is 3.78. The topological polar surface area (TPSA) is 84.6 Å². The first-order valence-electron chi connectivity index (χ1n) is 10.5. The summed E-state index contributed by atoms with van der Waals surface area (Å²) in [6.45, 7) is 14.3. The number of ether oxygens (including phenoxy) is 1. The summed E-state index contributed by atoms with van der Waals surface area (Å²) in [6.07, 6.45) is 0.122. The van der Waals surface area contributed by atoms with Gasteiger partial charge in [-0.05, 0) is 58.6 Å². The fourth-order valence-electron chi connectivity index (χ4n) is 3.78. The van der Waals surface area contributed by atoms with Crippen LogP contribution in [-0.2, 0) is 22.0 Å². The van der Waals surface area contributed by atoms with E-state index < -0.39 is 6.10 Å². The number of nitrogens with one attached hydrogen (secondary N) is 1. The molecule has 0 aromatic heterocycles. The number of nitrogens with two attached hydrogens (primary N) is 1. The summed E-state index contributed by atoms with van der Waals surface area (Å²) in [5.41, 5.74) is 10.7. The van der Waals surface area contributed by atoms with Crippen molar-refractivity contribution >= 4 is 11.6 Å². The van der Waals surface area contributed by atoms with E-state index in [2.05, 4.69) is 59.0 Å². The van der Waals surface area contributed by atoms with E-state index in [1.807, 2.05) is 18.2 Å². The Morgan fingerprint density at radius 1 is 1.07 bits per heavy atom. The Bertz CT molecular complexity index is 932.